The monoisotopic (exact) mass is 448 g/mol. The summed E-state index contributed by atoms with van der Waals surface area (Å²) in [6.45, 7) is 4.91. The first-order valence-electron chi connectivity index (χ1n) is 10.3. The summed E-state index contributed by atoms with van der Waals surface area (Å²) in [4.78, 5) is 14.5. The van der Waals surface area contributed by atoms with E-state index in [1.807, 2.05) is 37.3 Å². The van der Waals surface area contributed by atoms with Crippen molar-refractivity contribution in [3.8, 4) is 0 Å². The van der Waals surface area contributed by atoms with E-state index in [1.165, 1.54) is 22.0 Å². The van der Waals surface area contributed by atoms with Gasteiger partial charge in [-0.1, -0.05) is 30.3 Å². The molecule has 10 heteroatoms. The van der Waals surface area contributed by atoms with Crippen LogP contribution in [0.2, 0.25) is 0 Å². The summed E-state index contributed by atoms with van der Waals surface area (Å²) in [7, 11) is -3.94. The van der Waals surface area contributed by atoms with Gasteiger partial charge in [0.1, 0.15) is 4.90 Å². The number of piperazine rings is 1. The fourth-order valence-corrected chi connectivity index (χ4v) is 5.42. The van der Waals surface area contributed by atoms with Gasteiger partial charge in [-0.2, -0.15) is 4.31 Å². The van der Waals surface area contributed by atoms with E-state index in [9.17, 15) is 23.6 Å². The molecule has 1 aliphatic rings. The lowest BCUT2D eigenvalue weighted by molar-refractivity contribution is -0.385. The Balaban J connectivity index is 1.83. The first kappa shape index (κ1) is 23.1. The first-order chi connectivity index (χ1) is 14.9. The minimum atomic E-state index is -3.94. The highest BCUT2D eigenvalue weighted by Gasteiger charge is 2.32. The van der Waals surface area contributed by atoms with E-state index in [1.54, 1.807) is 4.90 Å². The lowest BCUT2D eigenvalue weighted by atomic mass is 10.2. The number of nitrogens with zero attached hydrogens (tertiary/aromatic N) is 4. The van der Waals surface area contributed by atoms with E-state index < -0.39 is 14.9 Å². The fourth-order valence-electron chi connectivity index (χ4n) is 3.76. The van der Waals surface area contributed by atoms with Crippen molar-refractivity contribution in [2.45, 2.75) is 18.4 Å². The van der Waals surface area contributed by atoms with Crippen molar-refractivity contribution in [3.63, 3.8) is 0 Å². The molecule has 1 saturated heterocycles. The molecule has 0 saturated carbocycles. The minimum absolute atomic E-state index is 0.0893. The highest BCUT2D eigenvalue weighted by atomic mass is 32.2. The quantitative estimate of drug-likeness (QED) is 0.461. The SMILES string of the molecule is CCN(CCO)c1ccc([N+](=O)[O-])cc1S(=O)(=O)N1CCN(Cc2ccccc2)CC1. The van der Waals surface area contributed by atoms with Crippen molar-refractivity contribution in [1.29, 1.82) is 0 Å². The van der Waals surface area contributed by atoms with Gasteiger partial charge < -0.3 is 10.0 Å². The zero-order valence-corrected chi connectivity index (χ0v) is 18.4. The Hall–Kier alpha value is -2.53. The molecule has 0 bridgehead atoms. The van der Waals surface area contributed by atoms with Gasteiger partial charge in [0.25, 0.3) is 5.69 Å². The summed E-state index contributed by atoms with van der Waals surface area (Å²) in [6, 6.07) is 13.9. The Labute approximate surface area is 182 Å². The molecular weight excluding hydrogens is 420 g/mol. The standard InChI is InChI=1S/C21H28N4O5S/c1-2-23(14-15-26)20-9-8-19(25(27)28)16-21(20)31(29,30)24-12-10-22(11-13-24)17-18-6-4-3-5-7-18/h3-9,16,26H,2,10-15,17H2,1H3. The molecule has 0 spiro atoms. The molecule has 0 aromatic heterocycles. The van der Waals surface area contributed by atoms with E-state index in [-0.39, 0.29) is 23.7 Å². The number of nitro groups is 1. The van der Waals surface area contributed by atoms with Gasteiger partial charge in [0.05, 0.1) is 17.2 Å². The molecule has 1 fully saturated rings. The Morgan fingerprint density at radius 2 is 1.77 bits per heavy atom. The van der Waals surface area contributed by atoms with Crippen LogP contribution >= 0.6 is 0 Å². The van der Waals surface area contributed by atoms with Crippen molar-refractivity contribution in [2.75, 3.05) is 50.8 Å². The lowest BCUT2D eigenvalue weighted by Gasteiger charge is -2.35. The van der Waals surface area contributed by atoms with Crippen LogP contribution in [0.1, 0.15) is 12.5 Å². The van der Waals surface area contributed by atoms with Crippen LogP contribution in [0.4, 0.5) is 11.4 Å². The average Bonchev–Trinajstić information content (AvgIpc) is 2.78. The van der Waals surface area contributed by atoms with E-state index in [4.69, 9.17) is 0 Å². The molecule has 0 amide bonds. The molecule has 9 nitrogen and oxygen atoms in total. The number of aliphatic hydroxyl groups excluding tert-OH is 1. The summed E-state index contributed by atoms with van der Waals surface area (Å²) < 4.78 is 28.3. The normalized spacial score (nSPS) is 15.7. The molecule has 168 valence electrons. The fraction of sp³-hybridized carbons (Fsp3) is 0.429. The number of likely N-dealkylation sites (N-methyl/N-ethyl adjacent to an activating group) is 1. The highest BCUT2D eigenvalue weighted by molar-refractivity contribution is 7.89. The van der Waals surface area contributed by atoms with Crippen molar-refractivity contribution < 1.29 is 18.4 Å². The first-order valence-corrected chi connectivity index (χ1v) is 11.7. The van der Waals surface area contributed by atoms with Crippen molar-refractivity contribution >= 4 is 21.4 Å². The lowest BCUT2D eigenvalue weighted by Crippen LogP contribution is -2.48. The number of hydrogen-bond donors (Lipinski definition) is 1. The number of hydrogen-bond acceptors (Lipinski definition) is 7. The third-order valence-electron chi connectivity index (χ3n) is 5.44. The maximum Gasteiger partial charge on any atom is 0.270 e. The van der Waals surface area contributed by atoms with Crippen LogP contribution in [0.15, 0.2) is 53.4 Å². The molecule has 0 atom stereocenters. The third kappa shape index (κ3) is 5.40. The van der Waals surface area contributed by atoms with Crippen LogP contribution in [0, 0.1) is 10.1 Å². The highest BCUT2D eigenvalue weighted by Crippen LogP contribution is 2.32. The van der Waals surface area contributed by atoms with Gasteiger partial charge in [0, 0.05) is 57.9 Å². The number of benzene rings is 2. The van der Waals surface area contributed by atoms with E-state index >= 15 is 0 Å². The molecule has 1 heterocycles. The van der Waals surface area contributed by atoms with Gasteiger partial charge in [-0.15, -0.1) is 0 Å². The van der Waals surface area contributed by atoms with Gasteiger partial charge in [-0.25, -0.2) is 8.42 Å². The van der Waals surface area contributed by atoms with Crippen molar-refractivity contribution in [3.05, 3.63) is 64.2 Å². The van der Waals surface area contributed by atoms with Crippen LogP contribution in [0.5, 0.6) is 0 Å². The van der Waals surface area contributed by atoms with Crippen LogP contribution in [0.25, 0.3) is 0 Å². The summed E-state index contributed by atoms with van der Waals surface area (Å²) in [6.07, 6.45) is 0. The molecule has 0 aliphatic carbocycles. The number of non-ortho nitro benzene ring substituents is 1. The Kier molecular flexibility index (Phi) is 7.60. The maximum absolute atomic E-state index is 13.5. The van der Waals surface area contributed by atoms with Crippen molar-refractivity contribution in [1.82, 2.24) is 9.21 Å². The Bertz CT molecular complexity index is 992. The second-order valence-corrected chi connectivity index (χ2v) is 9.28. The van der Waals surface area contributed by atoms with Crippen LogP contribution < -0.4 is 4.90 Å². The maximum atomic E-state index is 13.5. The van der Waals surface area contributed by atoms with Crippen LogP contribution in [-0.2, 0) is 16.6 Å². The van der Waals surface area contributed by atoms with Crippen molar-refractivity contribution in [2.24, 2.45) is 0 Å². The number of anilines is 1. The van der Waals surface area contributed by atoms with Gasteiger partial charge in [-0.05, 0) is 18.6 Å². The molecule has 2 aromatic carbocycles. The van der Waals surface area contributed by atoms with Gasteiger partial charge in [-0.3, -0.25) is 15.0 Å². The second-order valence-electron chi connectivity index (χ2n) is 7.38. The molecule has 1 aliphatic heterocycles. The van der Waals surface area contributed by atoms with Gasteiger partial charge in [0.2, 0.25) is 10.0 Å². The van der Waals surface area contributed by atoms with E-state index in [2.05, 4.69) is 4.90 Å². The third-order valence-corrected chi connectivity index (χ3v) is 7.37. The molecule has 1 N–H and O–H groups in total. The summed E-state index contributed by atoms with van der Waals surface area (Å²) >= 11 is 0. The largest absolute Gasteiger partial charge is 0.395 e. The van der Waals surface area contributed by atoms with Gasteiger partial charge >= 0.3 is 0 Å². The smallest absolute Gasteiger partial charge is 0.270 e. The van der Waals surface area contributed by atoms with E-state index in [0.717, 1.165) is 12.6 Å². The predicted molar refractivity (Wildman–Crippen MR) is 119 cm³/mol. The number of rotatable bonds is 9. The zero-order valence-electron chi connectivity index (χ0n) is 17.6. The predicted octanol–water partition coefficient (Wildman–Crippen LogP) is 1.92. The summed E-state index contributed by atoms with van der Waals surface area (Å²) in [5.74, 6) is 0. The molecule has 0 radical (unpaired) electrons. The van der Waals surface area contributed by atoms with Crippen LogP contribution in [0.3, 0.4) is 0 Å². The molecule has 2 aromatic rings. The number of sulfonamides is 1. The molecule has 3 rings (SSSR count). The van der Waals surface area contributed by atoms with Gasteiger partial charge in [0.15, 0.2) is 0 Å². The molecule has 0 unspecified atom stereocenters. The topological polar surface area (TPSA) is 107 Å². The van der Waals surface area contributed by atoms with Crippen LogP contribution in [-0.4, -0.2) is 73.5 Å². The second kappa shape index (κ2) is 10.2. The Morgan fingerprint density at radius 3 is 2.35 bits per heavy atom. The summed E-state index contributed by atoms with van der Waals surface area (Å²) in [5, 5.41) is 20.6. The van der Waals surface area contributed by atoms with E-state index in [0.29, 0.717) is 38.4 Å². The number of aliphatic hydroxyl groups is 1. The molecular formula is C21H28N4O5S. The minimum Gasteiger partial charge on any atom is -0.395 e. The molecule has 31 heavy (non-hydrogen) atoms. The average molecular weight is 449 g/mol. The number of nitro benzene ring substituents is 1. The zero-order chi connectivity index (χ0) is 22.4. The summed E-state index contributed by atoms with van der Waals surface area (Å²) in [5.41, 5.74) is 1.27. The Morgan fingerprint density at radius 1 is 1.10 bits per heavy atom.